The van der Waals surface area contributed by atoms with E-state index in [1.807, 2.05) is 0 Å². The Morgan fingerprint density at radius 3 is 2.88 bits per heavy atom. The molecule has 2 aromatic heterocycles. The van der Waals surface area contributed by atoms with Crippen molar-refractivity contribution in [2.75, 3.05) is 7.11 Å². The number of nitrogens with zero attached hydrogens (tertiary/aromatic N) is 2. The number of methoxy groups -OCH3 is 1. The molecule has 0 atom stereocenters. The Morgan fingerprint density at radius 1 is 1.33 bits per heavy atom. The average molecular weight is 348 g/mol. The summed E-state index contributed by atoms with van der Waals surface area (Å²) < 4.78 is 6.48. The number of hydrogen-bond donors (Lipinski definition) is 0. The summed E-state index contributed by atoms with van der Waals surface area (Å²) in [5.41, 5.74) is 1.30. The fourth-order valence-electron chi connectivity index (χ4n) is 3.41. The van der Waals surface area contributed by atoms with Gasteiger partial charge in [0.2, 0.25) is 0 Å². The number of rotatable bonds is 6. The second kappa shape index (κ2) is 7.47. The van der Waals surface area contributed by atoms with Crippen LogP contribution in [-0.2, 0) is 35.3 Å². The normalized spacial score (nSPS) is 13.9. The Morgan fingerprint density at radius 2 is 2.12 bits per heavy atom. The van der Waals surface area contributed by atoms with Crippen LogP contribution >= 0.6 is 11.3 Å². The molecule has 1 aliphatic rings. The molecule has 0 aromatic carbocycles. The SMILES string of the molecule is CCCc1nc2sc3c(c2c(=O)n1CCCC(=O)OC)CCCC3. The molecule has 0 bridgehead atoms. The summed E-state index contributed by atoms with van der Waals surface area (Å²) in [6, 6.07) is 0. The van der Waals surface area contributed by atoms with Gasteiger partial charge in [-0.05, 0) is 44.1 Å². The molecule has 5 nitrogen and oxygen atoms in total. The highest BCUT2D eigenvalue weighted by atomic mass is 32.1. The summed E-state index contributed by atoms with van der Waals surface area (Å²) in [4.78, 5) is 31.5. The number of aryl methyl sites for hydroxylation is 3. The van der Waals surface area contributed by atoms with Crippen molar-refractivity contribution in [3.8, 4) is 0 Å². The van der Waals surface area contributed by atoms with Crippen LogP contribution in [0, 0.1) is 0 Å². The fraction of sp³-hybridized carbons (Fsp3) is 0.611. The van der Waals surface area contributed by atoms with Crippen LogP contribution in [0.2, 0.25) is 0 Å². The van der Waals surface area contributed by atoms with Crippen molar-refractivity contribution in [3.05, 3.63) is 26.6 Å². The Balaban J connectivity index is 2.01. The Hall–Kier alpha value is -1.69. The number of thiophene rings is 1. The van der Waals surface area contributed by atoms with E-state index in [9.17, 15) is 9.59 Å². The molecule has 1 aliphatic carbocycles. The van der Waals surface area contributed by atoms with Gasteiger partial charge >= 0.3 is 5.97 Å². The standard InChI is InChI=1S/C18H24N2O3S/c1-3-7-14-19-17-16(12-8-4-5-9-13(12)24-17)18(22)20(14)11-6-10-15(21)23-2/h3-11H2,1-2H3. The zero-order valence-electron chi connectivity index (χ0n) is 14.4. The van der Waals surface area contributed by atoms with Crippen molar-refractivity contribution in [1.29, 1.82) is 0 Å². The largest absolute Gasteiger partial charge is 0.469 e. The van der Waals surface area contributed by atoms with Gasteiger partial charge in [0.1, 0.15) is 10.7 Å². The third kappa shape index (κ3) is 3.24. The minimum absolute atomic E-state index is 0.0766. The summed E-state index contributed by atoms with van der Waals surface area (Å²) in [5.74, 6) is 0.612. The van der Waals surface area contributed by atoms with Crippen LogP contribution in [0.4, 0.5) is 0 Å². The summed E-state index contributed by atoms with van der Waals surface area (Å²) >= 11 is 1.70. The zero-order chi connectivity index (χ0) is 17.1. The van der Waals surface area contributed by atoms with Crippen LogP contribution < -0.4 is 5.56 Å². The van der Waals surface area contributed by atoms with Gasteiger partial charge < -0.3 is 4.74 Å². The van der Waals surface area contributed by atoms with Crippen LogP contribution in [0.25, 0.3) is 10.2 Å². The number of ether oxygens (including phenoxy) is 1. The molecule has 24 heavy (non-hydrogen) atoms. The van der Waals surface area contributed by atoms with Crippen LogP contribution in [0.15, 0.2) is 4.79 Å². The Labute approximate surface area is 145 Å². The van der Waals surface area contributed by atoms with Crippen molar-refractivity contribution < 1.29 is 9.53 Å². The van der Waals surface area contributed by atoms with E-state index in [1.165, 1.54) is 24.0 Å². The fourth-order valence-corrected chi connectivity index (χ4v) is 4.68. The third-order valence-electron chi connectivity index (χ3n) is 4.62. The van der Waals surface area contributed by atoms with Crippen LogP contribution in [0.1, 0.15) is 55.3 Å². The van der Waals surface area contributed by atoms with Gasteiger partial charge in [0.25, 0.3) is 5.56 Å². The monoisotopic (exact) mass is 348 g/mol. The number of esters is 1. The van der Waals surface area contributed by atoms with E-state index in [-0.39, 0.29) is 11.5 Å². The first-order valence-corrected chi connectivity index (χ1v) is 9.58. The minimum Gasteiger partial charge on any atom is -0.469 e. The summed E-state index contributed by atoms with van der Waals surface area (Å²) in [7, 11) is 1.39. The van der Waals surface area contributed by atoms with Crippen LogP contribution in [0.3, 0.4) is 0 Å². The highest BCUT2D eigenvalue weighted by Gasteiger charge is 2.21. The molecule has 0 unspecified atom stereocenters. The molecule has 3 rings (SSSR count). The lowest BCUT2D eigenvalue weighted by Gasteiger charge is -2.13. The highest BCUT2D eigenvalue weighted by molar-refractivity contribution is 7.18. The molecule has 130 valence electrons. The smallest absolute Gasteiger partial charge is 0.305 e. The van der Waals surface area contributed by atoms with Crippen molar-refractivity contribution in [1.82, 2.24) is 9.55 Å². The summed E-state index contributed by atoms with van der Waals surface area (Å²) in [5, 5.41) is 0.827. The molecule has 2 aromatic rings. The molecular formula is C18H24N2O3S. The first-order valence-electron chi connectivity index (χ1n) is 8.76. The molecule has 2 heterocycles. The van der Waals surface area contributed by atoms with E-state index in [2.05, 4.69) is 11.7 Å². The van der Waals surface area contributed by atoms with E-state index >= 15 is 0 Å². The van der Waals surface area contributed by atoms with Crippen molar-refractivity contribution in [2.24, 2.45) is 0 Å². The molecule has 0 saturated heterocycles. The van der Waals surface area contributed by atoms with Gasteiger partial charge in [0, 0.05) is 24.3 Å². The van der Waals surface area contributed by atoms with E-state index in [0.29, 0.717) is 19.4 Å². The van der Waals surface area contributed by atoms with E-state index < -0.39 is 0 Å². The van der Waals surface area contributed by atoms with Gasteiger partial charge in [-0.25, -0.2) is 4.98 Å². The average Bonchev–Trinajstić information content (AvgIpc) is 2.96. The molecule has 0 saturated carbocycles. The van der Waals surface area contributed by atoms with Gasteiger partial charge in [-0.1, -0.05) is 6.92 Å². The second-order valence-corrected chi connectivity index (χ2v) is 7.39. The quantitative estimate of drug-likeness (QED) is 0.752. The molecular weight excluding hydrogens is 324 g/mol. The van der Waals surface area contributed by atoms with Crippen molar-refractivity contribution >= 4 is 27.5 Å². The van der Waals surface area contributed by atoms with Crippen LogP contribution in [0.5, 0.6) is 0 Å². The van der Waals surface area contributed by atoms with Crippen molar-refractivity contribution in [3.63, 3.8) is 0 Å². The molecule has 0 N–H and O–H groups in total. The zero-order valence-corrected chi connectivity index (χ0v) is 15.2. The molecule has 0 amide bonds. The van der Waals surface area contributed by atoms with E-state index in [0.717, 1.165) is 48.1 Å². The number of fused-ring (bicyclic) bond motifs is 3. The van der Waals surface area contributed by atoms with Crippen molar-refractivity contribution in [2.45, 2.75) is 64.8 Å². The maximum Gasteiger partial charge on any atom is 0.305 e. The van der Waals surface area contributed by atoms with Gasteiger partial charge in [0.05, 0.1) is 12.5 Å². The molecule has 6 heteroatoms. The van der Waals surface area contributed by atoms with Crippen LogP contribution in [-0.4, -0.2) is 22.6 Å². The summed E-state index contributed by atoms with van der Waals surface area (Å²) in [6.07, 6.45) is 7.07. The number of aromatic nitrogens is 2. The number of hydrogen-bond acceptors (Lipinski definition) is 5. The maximum atomic E-state index is 13.1. The maximum absolute atomic E-state index is 13.1. The Bertz CT molecular complexity index is 807. The predicted octanol–water partition coefficient (Wildman–Crippen LogP) is 3.24. The Kier molecular flexibility index (Phi) is 5.33. The minimum atomic E-state index is -0.234. The highest BCUT2D eigenvalue weighted by Crippen LogP contribution is 2.33. The van der Waals surface area contributed by atoms with E-state index in [1.54, 1.807) is 15.9 Å². The molecule has 0 fully saturated rings. The molecule has 0 spiro atoms. The topological polar surface area (TPSA) is 61.2 Å². The third-order valence-corrected chi connectivity index (χ3v) is 5.80. The van der Waals surface area contributed by atoms with E-state index in [4.69, 9.17) is 4.98 Å². The molecule has 0 radical (unpaired) electrons. The lowest BCUT2D eigenvalue weighted by atomic mass is 9.97. The second-order valence-electron chi connectivity index (χ2n) is 6.31. The van der Waals surface area contributed by atoms with Gasteiger partial charge in [-0.2, -0.15) is 0 Å². The predicted molar refractivity (Wildman–Crippen MR) is 95.8 cm³/mol. The lowest BCUT2D eigenvalue weighted by Crippen LogP contribution is -2.26. The first-order chi connectivity index (χ1) is 11.7. The van der Waals surface area contributed by atoms with Gasteiger partial charge in [-0.3, -0.25) is 14.2 Å². The lowest BCUT2D eigenvalue weighted by molar-refractivity contribution is -0.140. The first kappa shape index (κ1) is 17.1. The number of carbonyl (C=O) groups is 1. The molecule has 0 aliphatic heterocycles. The summed E-state index contributed by atoms with van der Waals surface area (Å²) in [6.45, 7) is 2.62. The number of carbonyl (C=O) groups excluding carboxylic acids is 1. The van der Waals surface area contributed by atoms with Gasteiger partial charge in [-0.15, -0.1) is 11.3 Å². The van der Waals surface area contributed by atoms with Gasteiger partial charge in [0.15, 0.2) is 0 Å².